The highest BCUT2D eigenvalue weighted by Gasteiger charge is 2.35. The summed E-state index contributed by atoms with van der Waals surface area (Å²) in [6.07, 6.45) is -3.30. The highest BCUT2D eigenvalue weighted by molar-refractivity contribution is 5.24. The van der Waals surface area contributed by atoms with Crippen molar-refractivity contribution in [1.82, 2.24) is 0 Å². The van der Waals surface area contributed by atoms with Gasteiger partial charge in [0.2, 0.25) is 0 Å². The third kappa shape index (κ3) is 2.26. The van der Waals surface area contributed by atoms with Gasteiger partial charge in [0.1, 0.15) is 11.5 Å². The van der Waals surface area contributed by atoms with Gasteiger partial charge >= 0.3 is 6.18 Å². The van der Waals surface area contributed by atoms with Gasteiger partial charge in [-0.25, -0.2) is 0 Å². The molecule has 0 N–H and O–H groups in total. The van der Waals surface area contributed by atoms with Gasteiger partial charge in [-0.3, -0.25) is 0 Å². The van der Waals surface area contributed by atoms with E-state index in [1.54, 1.807) is 0 Å². The van der Waals surface area contributed by atoms with E-state index in [1.165, 1.54) is 6.92 Å². The molecule has 4 heteroatoms. The molecule has 0 saturated heterocycles. The van der Waals surface area contributed by atoms with Gasteiger partial charge < -0.3 is 4.42 Å². The lowest BCUT2D eigenvalue weighted by atomic mass is 10.1. The standard InChI is InChI=1S/C9H11F3O/c1-3-4-8-7(9(10,11)12)5-6(2)13-8/h5H,3-4H2,1-2H3. The van der Waals surface area contributed by atoms with E-state index in [0.717, 1.165) is 6.07 Å². The topological polar surface area (TPSA) is 13.1 Å². The smallest absolute Gasteiger partial charge is 0.419 e. The highest BCUT2D eigenvalue weighted by atomic mass is 19.4. The van der Waals surface area contributed by atoms with Gasteiger partial charge in [0.05, 0.1) is 5.56 Å². The Balaban J connectivity index is 3.04. The minimum Gasteiger partial charge on any atom is -0.466 e. The van der Waals surface area contributed by atoms with Crippen LogP contribution < -0.4 is 0 Å². The number of furan rings is 1. The first kappa shape index (κ1) is 10.2. The molecule has 1 nitrogen and oxygen atoms in total. The lowest BCUT2D eigenvalue weighted by Gasteiger charge is -2.04. The fourth-order valence-corrected chi connectivity index (χ4v) is 1.22. The van der Waals surface area contributed by atoms with Crippen LogP contribution in [-0.2, 0) is 12.6 Å². The zero-order valence-electron chi connectivity index (χ0n) is 7.53. The quantitative estimate of drug-likeness (QED) is 0.698. The van der Waals surface area contributed by atoms with Crippen molar-refractivity contribution in [3.63, 3.8) is 0 Å². The molecule has 0 fully saturated rings. The summed E-state index contributed by atoms with van der Waals surface area (Å²) in [5, 5.41) is 0. The van der Waals surface area contributed by atoms with E-state index >= 15 is 0 Å². The monoisotopic (exact) mass is 192 g/mol. The molecule has 1 aromatic heterocycles. The van der Waals surface area contributed by atoms with Gasteiger partial charge in [0.15, 0.2) is 0 Å². The molecule has 13 heavy (non-hydrogen) atoms. The van der Waals surface area contributed by atoms with Crippen molar-refractivity contribution in [3.8, 4) is 0 Å². The molecule has 1 heterocycles. The van der Waals surface area contributed by atoms with Crippen LogP contribution in [0.4, 0.5) is 13.2 Å². The van der Waals surface area contributed by atoms with Gasteiger partial charge in [-0.1, -0.05) is 6.92 Å². The minimum atomic E-state index is -4.29. The lowest BCUT2D eigenvalue weighted by molar-refractivity contribution is -0.138. The second-order valence-corrected chi connectivity index (χ2v) is 2.94. The number of hydrogen-bond donors (Lipinski definition) is 0. The van der Waals surface area contributed by atoms with Crippen LogP contribution in [0.15, 0.2) is 10.5 Å². The van der Waals surface area contributed by atoms with Crippen LogP contribution >= 0.6 is 0 Å². The fourth-order valence-electron chi connectivity index (χ4n) is 1.22. The third-order valence-corrected chi connectivity index (χ3v) is 1.71. The van der Waals surface area contributed by atoms with E-state index in [-0.39, 0.29) is 5.76 Å². The largest absolute Gasteiger partial charge is 0.466 e. The SMILES string of the molecule is CCCc1oc(C)cc1C(F)(F)F. The zero-order chi connectivity index (χ0) is 10.1. The highest BCUT2D eigenvalue weighted by Crippen LogP contribution is 2.34. The van der Waals surface area contributed by atoms with Gasteiger partial charge in [-0.05, 0) is 19.4 Å². The molecular formula is C9H11F3O. The minimum absolute atomic E-state index is 0.0486. The molecule has 0 bridgehead atoms. The summed E-state index contributed by atoms with van der Waals surface area (Å²) in [5.41, 5.74) is -0.633. The Morgan fingerprint density at radius 2 is 2.00 bits per heavy atom. The molecule has 0 aliphatic rings. The molecule has 0 spiro atoms. The Bertz CT molecular complexity index is 286. The van der Waals surface area contributed by atoms with E-state index in [0.29, 0.717) is 18.6 Å². The maximum absolute atomic E-state index is 12.3. The first-order chi connectivity index (χ1) is 5.95. The lowest BCUT2D eigenvalue weighted by Crippen LogP contribution is -2.06. The summed E-state index contributed by atoms with van der Waals surface area (Å²) in [4.78, 5) is 0. The Morgan fingerprint density at radius 1 is 1.38 bits per heavy atom. The summed E-state index contributed by atoms with van der Waals surface area (Å²) in [7, 11) is 0. The molecule has 0 amide bonds. The van der Waals surface area contributed by atoms with E-state index in [1.807, 2.05) is 6.92 Å². The molecule has 0 unspecified atom stereocenters. The van der Waals surface area contributed by atoms with E-state index in [2.05, 4.69) is 0 Å². The van der Waals surface area contributed by atoms with Gasteiger partial charge in [0.25, 0.3) is 0 Å². The molecule has 0 aromatic carbocycles. The average molecular weight is 192 g/mol. The maximum Gasteiger partial charge on any atom is 0.419 e. The first-order valence-electron chi connectivity index (χ1n) is 4.11. The Morgan fingerprint density at radius 3 is 2.46 bits per heavy atom. The summed E-state index contributed by atoms with van der Waals surface area (Å²) < 4.78 is 41.9. The van der Waals surface area contributed by atoms with E-state index in [4.69, 9.17) is 4.42 Å². The van der Waals surface area contributed by atoms with E-state index in [9.17, 15) is 13.2 Å². The molecule has 74 valence electrons. The van der Waals surface area contributed by atoms with Crippen LogP contribution in [0.1, 0.15) is 30.4 Å². The molecule has 0 aliphatic carbocycles. The second kappa shape index (κ2) is 3.44. The van der Waals surface area contributed by atoms with Crippen LogP contribution in [0.2, 0.25) is 0 Å². The first-order valence-corrected chi connectivity index (χ1v) is 4.11. The van der Waals surface area contributed by atoms with Crippen LogP contribution in [0.25, 0.3) is 0 Å². The van der Waals surface area contributed by atoms with Crippen LogP contribution in [0, 0.1) is 6.92 Å². The van der Waals surface area contributed by atoms with Crippen molar-refractivity contribution in [3.05, 3.63) is 23.2 Å². The maximum atomic E-state index is 12.3. The summed E-state index contributed by atoms with van der Waals surface area (Å²) in [5.74, 6) is 0.364. The summed E-state index contributed by atoms with van der Waals surface area (Å²) in [6, 6.07) is 1.05. The van der Waals surface area contributed by atoms with Gasteiger partial charge in [-0.2, -0.15) is 13.2 Å². The third-order valence-electron chi connectivity index (χ3n) is 1.71. The summed E-state index contributed by atoms with van der Waals surface area (Å²) >= 11 is 0. The number of rotatable bonds is 2. The normalized spacial score (nSPS) is 12.1. The average Bonchev–Trinajstić information content (AvgIpc) is 2.30. The Labute approximate surface area is 74.5 Å². The van der Waals surface area contributed by atoms with Crippen molar-refractivity contribution in [2.24, 2.45) is 0 Å². The van der Waals surface area contributed by atoms with Crippen molar-refractivity contribution in [2.45, 2.75) is 32.9 Å². The second-order valence-electron chi connectivity index (χ2n) is 2.94. The predicted octanol–water partition coefficient (Wildman–Crippen LogP) is 3.56. The molecule has 0 radical (unpaired) electrons. The van der Waals surface area contributed by atoms with Crippen molar-refractivity contribution in [1.29, 1.82) is 0 Å². The van der Waals surface area contributed by atoms with Crippen LogP contribution in [0.5, 0.6) is 0 Å². The van der Waals surface area contributed by atoms with Crippen LogP contribution in [0.3, 0.4) is 0 Å². The number of halogens is 3. The van der Waals surface area contributed by atoms with Gasteiger partial charge in [-0.15, -0.1) is 0 Å². The molecule has 1 aromatic rings. The Kier molecular flexibility index (Phi) is 2.68. The molecule has 0 saturated carbocycles. The number of hydrogen-bond acceptors (Lipinski definition) is 1. The molecular weight excluding hydrogens is 181 g/mol. The molecule has 1 rings (SSSR count). The molecule has 0 aliphatic heterocycles. The predicted molar refractivity (Wildman–Crippen MR) is 42.4 cm³/mol. The fraction of sp³-hybridized carbons (Fsp3) is 0.556. The van der Waals surface area contributed by atoms with E-state index < -0.39 is 11.7 Å². The van der Waals surface area contributed by atoms with Gasteiger partial charge in [0, 0.05) is 6.42 Å². The Hall–Kier alpha value is -0.930. The number of alkyl halides is 3. The van der Waals surface area contributed by atoms with Crippen molar-refractivity contribution in [2.75, 3.05) is 0 Å². The summed E-state index contributed by atoms with van der Waals surface area (Å²) in [6.45, 7) is 3.34. The number of aryl methyl sites for hydroxylation is 2. The zero-order valence-corrected chi connectivity index (χ0v) is 7.53. The van der Waals surface area contributed by atoms with Crippen molar-refractivity contribution < 1.29 is 17.6 Å². The van der Waals surface area contributed by atoms with Crippen LogP contribution in [-0.4, -0.2) is 0 Å². The molecule has 0 atom stereocenters. The van der Waals surface area contributed by atoms with Crippen molar-refractivity contribution >= 4 is 0 Å².